The monoisotopic (exact) mass is 473 g/mol. The van der Waals surface area contributed by atoms with E-state index >= 15 is 0 Å². The van der Waals surface area contributed by atoms with Crippen molar-refractivity contribution in [3.8, 4) is 0 Å². The summed E-state index contributed by atoms with van der Waals surface area (Å²) in [4.78, 5) is 10.9. The van der Waals surface area contributed by atoms with Crippen LogP contribution < -0.4 is 15.5 Å². The van der Waals surface area contributed by atoms with Gasteiger partial charge in [-0.15, -0.1) is 35.3 Å². The van der Waals surface area contributed by atoms with Crippen molar-refractivity contribution in [3.05, 3.63) is 47.0 Å². The van der Waals surface area contributed by atoms with Crippen LogP contribution in [0, 0.1) is 0 Å². The average Bonchev–Trinajstić information content (AvgIpc) is 3.05. The van der Waals surface area contributed by atoms with Gasteiger partial charge in [-0.2, -0.15) is 0 Å². The van der Waals surface area contributed by atoms with Gasteiger partial charge in [-0.3, -0.25) is 4.99 Å². The third-order valence-electron chi connectivity index (χ3n) is 3.84. The number of rotatable bonds is 6. The van der Waals surface area contributed by atoms with E-state index in [0.29, 0.717) is 6.54 Å². The Morgan fingerprint density at radius 3 is 2.44 bits per heavy atom. The number of benzene rings is 1. The zero-order valence-electron chi connectivity index (χ0n) is 15.5. The van der Waals surface area contributed by atoms with E-state index in [0.717, 1.165) is 23.3 Å². The summed E-state index contributed by atoms with van der Waals surface area (Å²) in [5, 5.41) is 9.83. The number of aromatic nitrogens is 1. The Morgan fingerprint density at radius 1 is 1.20 bits per heavy atom. The highest BCUT2D eigenvalue weighted by Gasteiger charge is 2.20. The summed E-state index contributed by atoms with van der Waals surface area (Å²) >= 11 is 1.65. The summed E-state index contributed by atoms with van der Waals surface area (Å²) < 4.78 is 0. The minimum atomic E-state index is 0. The molecule has 2 aromatic rings. The minimum absolute atomic E-state index is 0. The van der Waals surface area contributed by atoms with Crippen molar-refractivity contribution in [2.45, 2.75) is 25.8 Å². The molecule has 7 heteroatoms. The molecule has 0 bridgehead atoms. The van der Waals surface area contributed by atoms with Crippen LogP contribution in [0.3, 0.4) is 0 Å². The van der Waals surface area contributed by atoms with E-state index < -0.39 is 0 Å². The first kappa shape index (κ1) is 21.7. The molecule has 5 nitrogen and oxygen atoms in total. The fourth-order valence-corrected chi connectivity index (χ4v) is 3.03. The molecule has 0 saturated carbocycles. The first-order valence-electron chi connectivity index (χ1n) is 8.04. The number of aliphatic imine (C=N–C) groups is 1. The number of guanidine groups is 1. The second kappa shape index (κ2) is 9.96. The van der Waals surface area contributed by atoms with Gasteiger partial charge in [0.15, 0.2) is 11.1 Å². The van der Waals surface area contributed by atoms with Gasteiger partial charge in [0, 0.05) is 38.5 Å². The highest BCUT2D eigenvalue weighted by Crippen LogP contribution is 2.21. The molecule has 0 aliphatic carbocycles. The van der Waals surface area contributed by atoms with Crippen LogP contribution in [-0.4, -0.2) is 38.6 Å². The molecule has 2 N–H and O–H groups in total. The Morgan fingerprint density at radius 2 is 1.88 bits per heavy atom. The molecule has 0 saturated heterocycles. The van der Waals surface area contributed by atoms with E-state index in [9.17, 15) is 0 Å². The molecule has 0 radical (unpaired) electrons. The first-order valence-corrected chi connectivity index (χ1v) is 8.92. The standard InChI is InChI=1S/C18H27N5S.HI/c1-18(2,14-9-7-6-8-10-14)13-21-16(19-3)20-11-15-12-24-17(22-15)23(4)5;/h6-10,12H,11,13H2,1-5H3,(H2,19,20,21);1H. The van der Waals surface area contributed by atoms with E-state index in [2.05, 4.69) is 64.1 Å². The molecule has 2 rings (SSSR count). The maximum absolute atomic E-state index is 4.57. The third kappa shape index (κ3) is 6.47. The van der Waals surface area contributed by atoms with Crippen molar-refractivity contribution < 1.29 is 0 Å². The smallest absolute Gasteiger partial charge is 0.191 e. The van der Waals surface area contributed by atoms with Crippen LogP contribution in [0.5, 0.6) is 0 Å². The van der Waals surface area contributed by atoms with Crippen molar-refractivity contribution in [2.24, 2.45) is 4.99 Å². The molecule has 1 heterocycles. The number of nitrogens with one attached hydrogen (secondary N) is 2. The quantitative estimate of drug-likeness (QED) is 0.383. The maximum atomic E-state index is 4.57. The molecule has 0 aliphatic heterocycles. The van der Waals surface area contributed by atoms with Crippen molar-refractivity contribution in [1.82, 2.24) is 15.6 Å². The average molecular weight is 473 g/mol. The van der Waals surface area contributed by atoms with E-state index in [4.69, 9.17) is 0 Å². The van der Waals surface area contributed by atoms with Gasteiger partial charge in [0.25, 0.3) is 0 Å². The molecule has 138 valence electrons. The summed E-state index contributed by atoms with van der Waals surface area (Å²) in [6, 6.07) is 10.5. The summed E-state index contributed by atoms with van der Waals surface area (Å²) in [6.07, 6.45) is 0. The number of anilines is 1. The van der Waals surface area contributed by atoms with Crippen LogP contribution in [-0.2, 0) is 12.0 Å². The summed E-state index contributed by atoms with van der Waals surface area (Å²) in [5.74, 6) is 0.790. The molecule has 25 heavy (non-hydrogen) atoms. The van der Waals surface area contributed by atoms with Crippen molar-refractivity contribution in [1.29, 1.82) is 0 Å². The SMILES string of the molecule is CN=C(NCc1csc(N(C)C)n1)NCC(C)(C)c1ccccc1.I. The predicted octanol–water partition coefficient (Wildman–Crippen LogP) is 3.47. The number of hydrogen-bond donors (Lipinski definition) is 2. The van der Waals surface area contributed by atoms with Gasteiger partial charge in [-0.25, -0.2) is 4.98 Å². The lowest BCUT2D eigenvalue weighted by Gasteiger charge is -2.26. The highest BCUT2D eigenvalue weighted by molar-refractivity contribution is 14.0. The zero-order chi connectivity index (χ0) is 17.6. The van der Waals surface area contributed by atoms with Gasteiger partial charge in [0.05, 0.1) is 12.2 Å². The minimum Gasteiger partial charge on any atom is -0.356 e. The Kier molecular flexibility index (Phi) is 8.64. The molecule has 0 aliphatic rings. The second-order valence-electron chi connectivity index (χ2n) is 6.55. The Balaban J connectivity index is 0.00000312. The van der Waals surface area contributed by atoms with E-state index in [1.807, 2.05) is 25.1 Å². The van der Waals surface area contributed by atoms with E-state index in [1.165, 1.54) is 5.56 Å². The van der Waals surface area contributed by atoms with E-state index in [1.54, 1.807) is 18.4 Å². The summed E-state index contributed by atoms with van der Waals surface area (Å²) in [7, 11) is 5.79. The van der Waals surface area contributed by atoms with Gasteiger partial charge in [0.2, 0.25) is 0 Å². The fraction of sp³-hybridized carbons (Fsp3) is 0.444. The normalized spacial score (nSPS) is 11.6. The van der Waals surface area contributed by atoms with Crippen LogP contribution in [0.4, 0.5) is 5.13 Å². The molecule has 0 atom stereocenters. The summed E-state index contributed by atoms with van der Waals surface area (Å²) in [6.45, 7) is 5.92. The van der Waals surface area contributed by atoms with Gasteiger partial charge in [0.1, 0.15) is 0 Å². The molecule has 0 fully saturated rings. The maximum Gasteiger partial charge on any atom is 0.191 e. The van der Waals surface area contributed by atoms with Gasteiger partial charge < -0.3 is 15.5 Å². The van der Waals surface area contributed by atoms with E-state index in [-0.39, 0.29) is 29.4 Å². The van der Waals surface area contributed by atoms with Crippen LogP contribution in [0.15, 0.2) is 40.7 Å². The molecule has 0 unspecified atom stereocenters. The molecule has 0 amide bonds. The lowest BCUT2D eigenvalue weighted by atomic mass is 9.85. The van der Waals surface area contributed by atoms with Gasteiger partial charge >= 0.3 is 0 Å². The largest absolute Gasteiger partial charge is 0.356 e. The second-order valence-corrected chi connectivity index (χ2v) is 7.38. The zero-order valence-corrected chi connectivity index (χ0v) is 18.7. The lowest BCUT2D eigenvalue weighted by Crippen LogP contribution is -2.43. The third-order valence-corrected chi connectivity index (χ3v) is 4.89. The Labute approximate surface area is 172 Å². The van der Waals surface area contributed by atoms with Gasteiger partial charge in [-0.1, -0.05) is 44.2 Å². The summed E-state index contributed by atoms with van der Waals surface area (Å²) in [5.41, 5.74) is 2.36. The van der Waals surface area contributed by atoms with Crippen LogP contribution in [0.2, 0.25) is 0 Å². The van der Waals surface area contributed by atoms with Gasteiger partial charge in [-0.05, 0) is 5.56 Å². The first-order chi connectivity index (χ1) is 11.4. The number of halogens is 1. The molecule has 1 aromatic heterocycles. The highest BCUT2D eigenvalue weighted by atomic mass is 127. The number of nitrogens with zero attached hydrogens (tertiary/aromatic N) is 3. The topological polar surface area (TPSA) is 52.6 Å². The molecular formula is C18H28IN5S. The Bertz CT molecular complexity index is 667. The fourth-order valence-electron chi connectivity index (χ4n) is 2.27. The van der Waals surface area contributed by atoms with Crippen LogP contribution in [0.1, 0.15) is 25.1 Å². The number of hydrogen-bond acceptors (Lipinski definition) is 4. The van der Waals surface area contributed by atoms with Crippen LogP contribution >= 0.6 is 35.3 Å². The van der Waals surface area contributed by atoms with Crippen molar-refractivity contribution >= 4 is 46.4 Å². The van der Waals surface area contributed by atoms with Crippen LogP contribution in [0.25, 0.3) is 0 Å². The molecule has 0 spiro atoms. The predicted molar refractivity (Wildman–Crippen MR) is 120 cm³/mol. The van der Waals surface area contributed by atoms with Crippen molar-refractivity contribution in [2.75, 3.05) is 32.6 Å². The lowest BCUT2D eigenvalue weighted by molar-refractivity contribution is 0.508. The molecule has 1 aromatic carbocycles. The molecular weight excluding hydrogens is 445 g/mol. The Hall–Kier alpha value is -1.35. The number of thiazole rings is 1. The van der Waals surface area contributed by atoms with Crippen molar-refractivity contribution in [3.63, 3.8) is 0 Å².